The van der Waals surface area contributed by atoms with E-state index >= 15 is 0 Å². The summed E-state index contributed by atoms with van der Waals surface area (Å²) in [4.78, 5) is 38.9. The number of nitro benzene ring substituents is 1. The van der Waals surface area contributed by atoms with Gasteiger partial charge in [-0.2, -0.15) is 0 Å². The number of benzene rings is 3. The molecule has 1 aromatic heterocycles. The van der Waals surface area contributed by atoms with E-state index in [4.69, 9.17) is 0 Å². The number of aromatic nitrogens is 2. The lowest BCUT2D eigenvalue weighted by atomic mass is 9.95. The minimum absolute atomic E-state index is 0.161. The molecule has 1 N–H and O–H groups in total. The Morgan fingerprint density at radius 3 is 2.58 bits per heavy atom. The maximum absolute atomic E-state index is 13.4. The molecule has 9 nitrogen and oxygen atoms in total. The third-order valence-electron chi connectivity index (χ3n) is 6.18. The van der Waals surface area contributed by atoms with Crippen molar-refractivity contribution in [1.82, 2.24) is 10.2 Å². The van der Waals surface area contributed by atoms with E-state index in [0.717, 1.165) is 28.0 Å². The summed E-state index contributed by atoms with van der Waals surface area (Å²) in [6.45, 7) is 2.01. The molecular formula is C29H22N4O5S2. The number of nitro groups is 1. The molecule has 0 bridgehead atoms. The van der Waals surface area contributed by atoms with Crippen LogP contribution in [0.15, 0.2) is 101 Å². The molecule has 0 aliphatic carbocycles. The van der Waals surface area contributed by atoms with E-state index in [1.165, 1.54) is 40.9 Å². The van der Waals surface area contributed by atoms with Crippen LogP contribution in [-0.2, 0) is 15.3 Å². The zero-order valence-corrected chi connectivity index (χ0v) is 22.8. The van der Waals surface area contributed by atoms with Gasteiger partial charge in [0.2, 0.25) is 5.13 Å². The first-order chi connectivity index (χ1) is 19.3. The van der Waals surface area contributed by atoms with Crippen molar-refractivity contribution in [2.75, 3.05) is 4.90 Å². The maximum atomic E-state index is 13.4. The van der Waals surface area contributed by atoms with Gasteiger partial charge in [-0.15, -0.1) is 10.2 Å². The van der Waals surface area contributed by atoms with E-state index in [-0.39, 0.29) is 22.0 Å². The minimum Gasteiger partial charge on any atom is -0.503 e. The standard InChI is InChI=1S/C29H22N4O5S2/c1-18-10-12-20(13-11-18)17-39-29-31-30-28(40-29)32-25(21-8-5-9-22(16-21)33(37)38)24(26(35)27(32)36)23(34)15-14-19-6-3-2-4-7-19/h2-16,25,35H,17H2,1H3. The van der Waals surface area contributed by atoms with Gasteiger partial charge >= 0.3 is 0 Å². The summed E-state index contributed by atoms with van der Waals surface area (Å²) in [6, 6.07) is 21.7. The van der Waals surface area contributed by atoms with Crippen LogP contribution in [0, 0.1) is 17.0 Å². The van der Waals surface area contributed by atoms with Crippen molar-refractivity contribution < 1.29 is 19.6 Å². The number of rotatable bonds is 9. The lowest BCUT2D eigenvalue weighted by molar-refractivity contribution is -0.384. The van der Waals surface area contributed by atoms with Crippen molar-refractivity contribution in [3.63, 3.8) is 0 Å². The van der Waals surface area contributed by atoms with Crippen LogP contribution in [0.25, 0.3) is 6.08 Å². The van der Waals surface area contributed by atoms with Crippen molar-refractivity contribution in [1.29, 1.82) is 0 Å². The fourth-order valence-corrected chi connectivity index (χ4v) is 6.01. The van der Waals surface area contributed by atoms with E-state index in [2.05, 4.69) is 10.2 Å². The zero-order chi connectivity index (χ0) is 28.2. The Bertz CT molecular complexity index is 1650. The van der Waals surface area contributed by atoms with Crippen LogP contribution >= 0.6 is 23.1 Å². The Morgan fingerprint density at radius 1 is 1.10 bits per heavy atom. The first kappa shape index (κ1) is 27.0. The topological polar surface area (TPSA) is 127 Å². The molecule has 0 fully saturated rings. The number of aliphatic hydroxyl groups is 1. The van der Waals surface area contributed by atoms with Gasteiger partial charge in [0.15, 0.2) is 15.9 Å². The van der Waals surface area contributed by atoms with Crippen LogP contribution in [0.3, 0.4) is 0 Å². The summed E-state index contributed by atoms with van der Waals surface area (Å²) < 4.78 is 0.587. The molecule has 40 heavy (non-hydrogen) atoms. The molecule has 5 rings (SSSR count). The number of carbonyl (C=O) groups is 2. The number of aliphatic hydroxyl groups excluding tert-OH is 1. The smallest absolute Gasteiger partial charge is 0.296 e. The summed E-state index contributed by atoms with van der Waals surface area (Å²) in [5.74, 6) is -1.54. The average Bonchev–Trinajstić information content (AvgIpc) is 3.54. The van der Waals surface area contributed by atoms with Crippen molar-refractivity contribution >= 4 is 51.7 Å². The van der Waals surface area contributed by atoms with Crippen LogP contribution in [0.1, 0.15) is 28.3 Å². The second-order valence-corrected chi connectivity index (χ2v) is 11.1. The van der Waals surface area contributed by atoms with Crippen LogP contribution in [-0.4, -0.2) is 31.9 Å². The molecule has 4 aromatic rings. The minimum atomic E-state index is -1.14. The molecule has 1 aliphatic heterocycles. The SMILES string of the molecule is Cc1ccc(CSc2nnc(N3C(=O)C(O)=C(C(=O)C=Cc4ccccc4)C3c3cccc([N+](=O)[O-])c3)s2)cc1. The van der Waals surface area contributed by atoms with Crippen molar-refractivity contribution in [2.24, 2.45) is 0 Å². The van der Waals surface area contributed by atoms with E-state index in [1.807, 2.05) is 49.4 Å². The molecule has 1 amide bonds. The predicted octanol–water partition coefficient (Wildman–Crippen LogP) is 6.23. The van der Waals surface area contributed by atoms with Gasteiger partial charge in [0, 0.05) is 17.9 Å². The maximum Gasteiger partial charge on any atom is 0.296 e. The normalized spacial score (nSPS) is 15.3. The van der Waals surface area contributed by atoms with Crippen molar-refractivity contribution in [3.8, 4) is 0 Å². The number of allylic oxidation sites excluding steroid dienone is 1. The monoisotopic (exact) mass is 570 g/mol. The Kier molecular flexibility index (Phi) is 7.85. The summed E-state index contributed by atoms with van der Waals surface area (Å²) in [5.41, 5.74) is 2.88. The molecule has 3 aromatic carbocycles. The third-order valence-corrected chi connectivity index (χ3v) is 8.31. The number of anilines is 1. The van der Waals surface area contributed by atoms with Gasteiger partial charge in [0.25, 0.3) is 11.6 Å². The Balaban J connectivity index is 1.49. The average molecular weight is 571 g/mol. The van der Waals surface area contributed by atoms with Gasteiger partial charge in [0.05, 0.1) is 16.5 Å². The summed E-state index contributed by atoms with van der Waals surface area (Å²) in [7, 11) is 0. The number of hydrogen-bond donors (Lipinski definition) is 1. The van der Waals surface area contributed by atoms with Crippen LogP contribution in [0.4, 0.5) is 10.8 Å². The second kappa shape index (κ2) is 11.6. The highest BCUT2D eigenvalue weighted by atomic mass is 32.2. The van der Waals surface area contributed by atoms with Crippen LogP contribution < -0.4 is 4.90 Å². The summed E-state index contributed by atoms with van der Waals surface area (Å²) in [6.07, 6.45) is 2.84. The highest BCUT2D eigenvalue weighted by Crippen LogP contribution is 2.43. The summed E-state index contributed by atoms with van der Waals surface area (Å²) in [5, 5.41) is 30.9. The lowest BCUT2D eigenvalue weighted by Gasteiger charge is -2.23. The molecule has 1 unspecified atom stereocenters. The first-order valence-corrected chi connectivity index (χ1v) is 13.9. The number of non-ortho nitro benzene ring substituents is 1. The molecule has 0 radical (unpaired) electrons. The molecule has 0 saturated heterocycles. The predicted molar refractivity (Wildman–Crippen MR) is 154 cm³/mol. The molecule has 1 aliphatic rings. The fourth-order valence-electron chi connectivity index (χ4n) is 4.19. The number of nitrogens with zero attached hydrogens (tertiary/aromatic N) is 4. The van der Waals surface area contributed by atoms with E-state index in [1.54, 1.807) is 24.3 Å². The molecular weight excluding hydrogens is 548 g/mol. The van der Waals surface area contributed by atoms with Crippen LogP contribution in [0.5, 0.6) is 0 Å². The lowest BCUT2D eigenvalue weighted by Crippen LogP contribution is -2.30. The van der Waals surface area contributed by atoms with E-state index < -0.39 is 28.4 Å². The van der Waals surface area contributed by atoms with Gasteiger partial charge in [-0.05, 0) is 29.7 Å². The van der Waals surface area contributed by atoms with E-state index in [9.17, 15) is 24.8 Å². The number of ketones is 1. The van der Waals surface area contributed by atoms with Gasteiger partial charge in [0.1, 0.15) is 0 Å². The Morgan fingerprint density at radius 2 is 1.85 bits per heavy atom. The highest BCUT2D eigenvalue weighted by Gasteiger charge is 2.45. The molecule has 1 atom stereocenters. The summed E-state index contributed by atoms with van der Waals surface area (Å²) >= 11 is 2.58. The number of amides is 1. The van der Waals surface area contributed by atoms with E-state index in [0.29, 0.717) is 10.1 Å². The molecule has 11 heteroatoms. The first-order valence-electron chi connectivity index (χ1n) is 12.1. The third kappa shape index (κ3) is 5.70. The number of thioether (sulfide) groups is 1. The Labute approximate surface area is 237 Å². The zero-order valence-electron chi connectivity index (χ0n) is 21.1. The molecule has 200 valence electrons. The quantitative estimate of drug-likeness (QED) is 0.0825. The number of hydrogen-bond acceptors (Lipinski definition) is 9. The number of aryl methyl sites for hydroxylation is 1. The highest BCUT2D eigenvalue weighted by molar-refractivity contribution is 8.00. The van der Waals surface area contributed by atoms with Gasteiger partial charge in [-0.25, -0.2) is 0 Å². The van der Waals surface area contributed by atoms with Gasteiger partial charge in [-0.1, -0.05) is 101 Å². The van der Waals surface area contributed by atoms with Crippen LogP contribution in [0.2, 0.25) is 0 Å². The second-order valence-electron chi connectivity index (χ2n) is 8.93. The molecule has 2 heterocycles. The Hall–Kier alpha value is -4.61. The number of carbonyl (C=O) groups excluding carboxylic acids is 2. The van der Waals surface area contributed by atoms with Crippen molar-refractivity contribution in [2.45, 2.75) is 23.1 Å². The molecule has 0 spiro atoms. The fraction of sp³-hybridized carbons (Fsp3) is 0.103. The largest absolute Gasteiger partial charge is 0.503 e. The molecule has 0 saturated carbocycles. The van der Waals surface area contributed by atoms with Gasteiger partial charge in [-0.3, -0.25) is 24.6 Å². The van der Waals surface area contributed by atoms with Crippen molar-refractivity contribution in [3.05, 3.63) is 129 Å². The van der Waals surface area contributed by atoms with Gasteiger partial charge < -0.3 is 5.11 Å².